The Bertz CT molecular complexity index is 710. The maximum Gasteiger partial charge on any atom is 0.240 e. The van der Waals surface area contributed by atoms with Crippen LogP contribution in [0.2, 0.25) is 0 Å². The number of halogens is 1. The van der Waals surface area contributed by atoms with Gasteiger partial charge in [0, 0.05) is 12.7 Å². The third-order valence-electron chi connectivity index (χ3n) is 2.85. The smallest absolute Gasteiger partial charge is 0.240 e. The van der Waals surface area contributed by atoms with Gasteiger partial charge in [-0.15, -0.1) is 0 Å². The van der Waals surface area contributed by atoms with E-state index in [1.807, 2.05) is 13.0 Å². The average molecular weight is 358 g/mol. The molecule has 0 radical (unpaired) electrons. The van der Waals surface area contributed by atoms with E-state index in [-0.39, 0.29) is 0 Å². The first kappa shape index (κ1) is 15.2. The molecule has 108 valence electrons. The molecular formula is C13H16BrN3O2S. The fourth-order valence-corrected chi connectivity index (χ4v) is 3.51. The highest BCUT2D eigenvalue weighted by atomic mass is 79.9. The van der Waals surface area contributed by atoms with E-state index in [0.29, 0.717) is 18.0 Å². The molecular weight excluding hydrogens is 342 g/mol. The third kappa shape index (κ3) is 3.68. The summed E-state index contributed by atoms with van der Waals surface area (Å²) < 4.78 is 29.6. The van der Waals surface area contributed by atoms with E-state index in [2.05, 4.69) is 25.8 Å². The molecule has 2 aromatic rings. The summed E-state index contributed by atoms with van der Waals surface area (Å²) in [6, 6.07) is 5.29. The summed E-state index contributed by atoms with van der Waals surface area (Å²) in [4.78, 5) is 0.324. The minimum Gasteiger partial charge on any atom is -0.270 e. The van der Waals surface area contributed by atoms with Gasteiger partial charge in [0.15, 0.2) is 0 Å². The second kappa shape index (κ2) is 6.07. The average Bonchev–Trinajstić information content (AvgIpc) is 2.74. The summed E-state index contributed by atoms with van der Waals surface area (Å²) in [7, 11) is -3.47. The van der Waals surface area contributed by atoms with E-state index in [4.69, 9.17) is 0 Å². The van der Waals surface area contributed by atoms with Crippen molar-refractivity contribution < 1.29 is 8.42 Å². The monoisotopic (exact) mass is 357 g/mol. The summed E-state index contributed by atoms with van der Waals surface area (Å²) in [5.74, 6) is 0. The van der Waals surface area contributed by atoms with Crippen LogP contribution >= 0.6 is 15.9 Å². The molecule has 0 aliphatic carbocycles. The predicted octanol–water partition coefficient (Wildman–Crippen LogP) is 2.24. The van der Waals surface area contributed by atoms with Crippen LogP contribution in [-0.2, 0) is 16.6 Å². The molecule has 5 nitrogen and oxygen atoms in total. The zero-order chi connectivity index (χ0) is 14.8. The molecule has 0 aliphatic heterocycles. The highest BCUT2D eigenvalue weighted by Gasteiger charge is 2.15. The second-order valence-electron chi connectivity index (χ2n) is 4.59. The summed E-state index contributed by atoms with van der Waals surface area (Å²) in [5.41, 5.74) is 1.79. The molecule has 1 N–H and O–H groups in total. The molecule has 1 aromatic carbocycles. The molecule has 0 unspecified atom stereocenters. The first-order valence-electron chi connectivity index (χ1n) is 6.13. The molecule has 1 heterocycles. The Morgan fingerprint density at radius 2 is 2.10 bits per heavy atom. The van der Waals surface area contributed by atoms with Crippen molar-refractivity contribution in [1.29, 1.82) is 0 Å². The molecule has 0 spiro atoms. The Morgan fingerprint density at radius 3 is 2.70 bits per heavy atom. The SMILES string of the molecule is Cc1ccc(S(=O)(=O)NCCn2cc(Br)cn2)c(C)c1. The van der Waals surface area contributed by atoms with Crippen LogP contribution in [0.5, 0.6) is 0 Å². The quantitative estimate of drug-likeness (QED) is 0.892. The molecule has 0 saturated carbocycles. The Labute approximate surface area is 127 Å². The number of aryl methyl sites for hydroxylation is 2. The number of sulfonamides is 1. The van der Waals surface area contributed by atoms with Crippen molar-refractivity contribution in [1.82, 2.24) is 14.5 Å². The minimum absolute atomic E-state index is 0.295. The lowest BCUT2D eigenvalue weighted by Gasteiger charge is -2.10. The summed E-state index contributed by atoms with van der Waals surface area (Å²) in [6.45, 7) is 4.51. The lowest BCUT2D eigenvalue weighted by atomic mass is 10.2. The van der Waals surface area contributed by atoms with Gasteiger partial charge in [-0.2, -0.15) is 5.10 Å². The van der Waals surface area contributed by atoms with E-state index in [1.165, 1.54) is 0 Å². The van der Waals surface area contributed by atoms with Crippen molar-refractivity contribution in [2.24, 2.45) is 0 Å². The maximum atomic E-state index is 12.2. The molecule has 0 saturated heterocycles. The van der Waals surface area contributed by atoms with Crippen molar-refractivity contribution in [3.8, 4) is 0 Å². The molecule has 2 rings (SSSR count). The molecule has 0 atom stereocenters. The van der Waals surface area contributed by atoms with Crippen molar-refractivity contribution in [3.05, 3.63) is 46.2 Å². The topological polar surface area (TPSA) is 64.0 Å². The fraction of sp³-hybridized carbons (Fsp3) is 0.308. The summed E-state index contributed by atoms with van der Waals surface area (Å²) in [6.07, 6.45) is 3.46. The van der Waals surface area contributed by atoms with Gasteiger partial charge in [0.25, 0.3) is 0 Å². The first-order chi connectivity index (χ1) is 9.38. The van der Waals surface area contributed by atoms with Crippen LogP contribution in [0.1, 0.15) is 11.1 Å². The Kier molecular flexibility index (Phi) is 4.62. The van der Waals surface area contributed by atoms with Crippen molar-refractivity contribution in [3.63, 3.8) is 0 Å². The highest BCUT2D eigenvalue weighted by Crippen LogP contribution is 2.16. The molecule has 7 heteroatoms. The molecule has 20 heavy (non-hydrogen) atoms. The summed E-state index contributed by atoms with van der Waals surface area (Å²) in [5, 5.41) is 4.07. The number of nitrogens with one attached hydrogen (secondary N) is 1. The number of hydrogen-bond acceptors (Lipinski definition) is 3. The highest BCUT2D eigenvalue weighted by molar-refractivity contribution is 9.10. The van der Waals surface area contributed by atoms with Crippen LogP contribution in [0.3, 0.4) is 0 Å². The van der Waals surface area contributed by atoms with E-state index in [0.717, 1.165) is 15.6 Å². The standard InChI is InChI=1S/C13H16BrN3O2S/c1-10-3-4-13(11(2)7-10)20(18,19)16-5-6-17-9-12(14)8-15-17/h3-4,7-9,16H,5-6H2,1-2H3. The van der Waals surface area contributed by atoms with Crippen molar-refractivity contribution in [2.75, 3.05) is 6.54 Å². The third-order valence-corrected chi connectivity index (χ3v) is 4.89. The summed E-state index contributed by atoms with van der Waals surface area (Å²) >= 11 is 3.29. The van der Waals surface area contributed by atoms with Gasteiger partial charge in [0.05, 0.1) is 22.1 Å². The number of nitrogens with zero attached hydrogens (tertiary/aromatic N) is 2. The van der Waals surface area contributed by atoms with Crippen LogP contribution in [-0.4, -0.2) is 24.7 Å². The molecule has 0 fully saturated rings. The van der Waals surface area contributed by atoms with E-state index in [1.54, 1.807) is 36.1 Å². The number of benzene rings is 1. The second-order valence-corrected chi connectivity index (χ2v) is 7.24. The van der Waals surface area contributed by atoms with Gasteiger partial charge in [-0.25, -0.2) is 13.1 Å². The van der Waals surface area contributed by atoms with Crippen molar-refractivity contribution in [2.45, 2.75) is 25.3 Å². The lowest BCUT2D eigenvalue weighted by molar-refractivity contribution is 0.560. The van der Waals surface area contributed by atoms with Gasteiger partial charge in [0.1, 0.15) is 0 Å². The number of hydrogen-bond donors (Lipinski definition) is 1. The Morgan fingerprint density at radius 1 is 1.35 bits per heavy atom. The van der Waals surface area contributed by atoms with E-state index >= 15 is 0 Å². The van der Waals surface area contributed by atoms with Crippen molar-refractivity contribution >= 4 is 26.0 Å². The van der Waals surface area contributed by atoms with Gasteiger partial charge in [0.2, 0.25) is 10.0 Å². The normalized spacial score (nSPS) is 11.8. The van der Waals surface area contributed by atoms with Gasteiger partial charge >= 0.3 is 0 Å². The first-order valence-corrected chi connectivity index (χ1v) is 8.41. The zero-order valence-corrected chi connectivity index (χ0v) is 13.7. The van der Waals surface area contributed by atoms with Crippen LogP contribution in [0, 0.1) is 13.8 Å². The Balaban J connectivity index is 2.04. The van der Waals surface area contributed by atoms with Crippen LogP contribution in [0.15, 0.2) is 40.0 Å². The molecule has 0 aliphatic rings. The minimum atomic E-state index is -3.47. The lowest BCUT2D eigenvalue weighted by Crippen LogP contribution is -2.28. The van der Waals surface area contributed by atoms with E-state index in [9.17, 15) is 8.42 Å². The van der Waals surface area contributed by atoms with Crippen LogP contribution < -0.4 is 4.72 Å². The van der Waals surface area contributed by atoms with Crippen LogP contribution in [0.4, 0.5) is 0 Å². The fourth-order valence-electron chi connectivity index (χ4n) is 1.93. The van der Waals surface area contributed by atoms with Crippen LogP contribution in [0.25, 0.3) is 0 Å². The zero-order valence-electron chi connectivity index (χ0n) is 11.3. The molecule has 0 bridgehead atoms. The maximum absolute atomic E-state index is 12.2. The number of rotatable bonds is 5. The Hall–Kier alpha value is -1.18. The number of aromatic nitrogens is 2. The molecule has 1 aromatic heterocycles. The predicted molar refractivity (Wildman–Crippen MR) is 81.0 cm³/mol. The van der Waals surface area contributed by atoms with Gasteiger partial charge in [-0.05, 0) is 41.4 Å². The van der Waals surface area contributed by atoms with Gasteiger partial charge in [-0.1, -0.05) is 17.7 Å². The van der Waals surface area contributed by atoms with Gasteiger partial charge < -0.3 is 0 Å². The molecule has 0 amide bonds. The largest absolute Gasteiger partial charge is 0.270 e. The van der Waals surface area contributed by atoms with E-state index < -0.39 is 10.0 Å². The van der Waals surface area contributed by atoms with Gasteiger partial charge in [-0.3, -0.25) is 4.68 Å².